The van der Waals surface area contributed by atoms with Gasteiger partial charge in [0.05, 0.1) is 7.11 Å². The van der Waals surface area contributed by atoms with Gasteiger partial charge in [-0.3, -0.25) is 4.79 Å². The molecular formula is C22H17BrN2O4. The van der Waals surface area contributed by atoms with E-state index < -0.39 is 0 Å². The van der Waals surface area contributed by atoms with Gasteiger partial charge in [0, 0.05) is 15.7 Å². The van der Waals surface area contributed by atoms with Gasteiger partial charge in [-0.1, -0.05) is 15.9 Å². The predicted molar refractivity (Wildman–Crippen MR) is 114 cm³/mol. The maximum Gasteiger partial charge on any atom is 0.262 e. The minimum atomic E-state index is -0.258. The Morgan fingerprint density at radius 1 is 1.03 bits per heavy atom. The quantitative estimate of drug-likeness (QED) is 0.430. The molecule has 0 saturated heterocycles. The number of hydrogen-bond donors (Lipinski definition) is 1. The molecule has 146 valence electrons. The number of aromatic nitrogens is 1. The lowest BCUT2D eigenvalue weighted by Gasteiger charge is -2.07. The van der Waals surface area contributed by atoms with E-state index in [-0.39, 0.29) is 12.5 Å². The normalized spacial score (nSPS) is 10.7. The minimum absolute atomic E-state index is 0.0877. The third-order valence-corrected chi connectivity index (χ3v) is 4.72. The number of fused-ring (bicyclic) bond motifs is 1. The Morgan fingerprint density at radius 2 is 1.76 bits per heavy atom. The van der Waals surface area contributed by atoms with E-state index in [9.17, 15) is 4.79 Å². The lowest BCUT2D eigenvalue weighted by atomic mass is 10.2. The first kappa shape index (κ1) is 19.0. The summed E-state index contributed by atoms with van der Waals surface area (Å²) in [5.74, 6) is 1.63. The van der Waals surface area contributed by atoms with E-state index in [0.29, 0.717) is 28.4 Å². The molecule has 3 aromatic carbocycles. The van der Waals surface area contributed by atoms with Crippen LogP contribution in [-0.2, 0) is 4.79 Å². The number of ether oxygens (including phenoxy) is 2. The topological polar surface area (TPSA) is 73.6 Å². The van der Waals surface area contributed by atoms with Gasteiger partial charge in [-0.15, -0.1) is 0 Å². The van der Waals surface area contributed by atoms with E-state index in [4.69, 9.17) is 13.9 Å². The van der Waals surface area contributed by atoms with Gasteiger partial charge in [0.1, 0.15) is 17.0 Å². The number of nitrogens with one attached hydrogen (secondary N) is 1. The van der Waals surface area contributed by atoms with Crippen LogP contribution >= 0.6 is 15.9 Å². The molecule has 29 heavy (non-hydrogen) atoms. The van der Waals surface area contributed by atoms with Crippen molar-refractivity contribution in [1.82, 2.24) is 4.98 Å². The number of carbonyl (C=O) groups excluding carboxylic acids is 1. The third-order valence-electron chi connectivity index (χ3n) is 4.19. The van der Waals surface area contributed by atoms with Crippen LogP contribution in [0.4, 0.5) is 5.69 Å². The molecule has 4 aromatic rings. The number of amides is 1. The Labute approximate surface area is 175 Å². The first-order chi connectivity index (χ1) is 14.1. The molecule has 0 saturated carbocycles. The zero-order valence-corrected chi connectivity index (χ0v) is 17.1. The summed E-state index contributed by atoms with van der Waals surface area (Å²) >= 11 is 3.36. The first-order valence-electron chi connectivity index (χ1n) is 8.84. The number of halogens is 1. The van der Waals surface area contributed by atoms with Crippen LogP contribution in [0.15, 0.2) is 75.6 Å². The third kappa shape index (κ3) is 4.57. The van der Waals surface area contributed by atoms with Crippen LogP contribution in [0.2, 0.25) is 0 Å². The molecule has 0 unspecified atom stereocenters. The van der Waals surface area contributed by atoms with Crippen molar-refractivity contribution in [2.45, 2.75) is 0 Å². The Morgan fingerprint density at radius 3 is 2.48 bits per heavy atom. The second-order valence-corrected chi connectivity index (χ2v) is 7.14. The average molecular weight is 453 g/mol. The number of carbonyl (C=O) groups is 1. The molecule has 4 rings (SSSR count). The van der Waals surface area contributed by atoms with Gasteiger partial charge in [-0.25, -0.2) is 4.98 Å². The van der Waals surface area contributed by atoms with Gasteiger partial charge in [0.15, 0.2) is 12.2 Å². The van der Waals surface area contributed by atoms with Crippen molar-refractivity contribution in [3.05, 3.63) is 71.2 Å². The highest BCUT2D eigenvalue weighted by Gasteiger charge is 2.10. The van der Waals surface area contributed by atoms with Gasteiger partial charge in [-0.2, -0.15) is 0 Å². The molecule has 6 nitrogen and oxygen atoms in total. The Bertz CT molecular complexity index is 1140. The number of anilines is 1. The zero-order chi connectivity index (χ0) is 20.2. The van der Waals surface area contributed by atoms with Crippen LogP contribution in [0.3, 0.4) is 0 Å². The largest absolute Gasteiger partial charge is 0.497 e. The highest BCUT2D eigenvalue weighted by molar-refractivity contribution is 9.10. The predicted octanol–water partition coefficient (Wildman–Crippen LogP) is 5.28. The summed E-state index contributed by atoms with van der Waals surface area (Å²) in [5.41, 5.74) is 2.76. The fourth-order valence-electron chi connectivity index (χ4n) is 2.74. The highest BCUT2D eigenvalue weighted by Crippen LogP contribution is 2.27. The second-order valence-electron chi connectivity index (χ2n) is 6.22. The molecule has 0 aliphatic rings. The number of hydrogen-bond acceptors (Lipinski definition) is 5. The Hall–Kier alpha value is -3.32. The van der Waals surface area contributed by atoms with E-state index in [2.05, 4.69) is 26.2 Å². The molecule has 0 aliphatic heterocycles. The number of oxazole rings is 1. The first-order valence-corrected chi connectivity index (χ1v) is 9.63. The monoisotopic (exact) mass is 452 g/mol. The van der Waals surface area contributed by atoms with Crippen LogP contribution in [0.25, 0.3) is 22.6 Å². The summed E-state index contributed by atoms with van der Waals surface area (Å²) in [5, 5.41) is 2.81. The van der Waals surface area contributed by atoms with Crippen molar-refractivity contribution < 1.29 is 18.7 Å². The smallest absolute Gasteiger partial charge is 0.262 e. The fraction of sp³-hybridized carbons (Fsp3) is 0.0909. The molecule has 0 aliphatic carbocycles. The van der Waals surface area contributed by atoms with Crippen molar-refractivity contribution in [2.75, 3.05) is 19.0 Å². The SMILES string of the molecule is COc1ccc(-c2nc3cc(NC(=O)COc4ccc(Br)cc4)ccc3o2)cc1. The van der Waals surface area contributed by atoms with Gasteiger partial charge < -0.3 is 19.2 Å². The van der Waals surface area contributed by atoms with Crippen LogP contribution in [0.5, 0.6) is 11.5 Å². The summed E-state index contributed by atoms with van der Waals surface area (Å²) < 4.78 is 17.4. The maximum atomic E-state index is 12.2. The van der Waals surface area contributed by atoms with Crippen molar-refractivity contribution in [3.8, 4) is 23.0 Å². The van der Waals surface area contributed by atoms with Crippen molar-refractivity contribution >= 4 is 38.6 Å². The van der Waals surface area contributed by atoms with Crippen LogP contribution in [0, 0.1) is 0 Å². The molecule has 1 aromatic heterocycles. The highest BCUT2D eigenvalue weighted by atomic mass is 79.9. The van der Waals surface area contributed by atoms with Crippen LogP contribution in [-0.4, -0.2) is 24.6 Å². The lowest BCUT2D eigenvalue weighted by molar-refractivity contribution is -0.118. The number of nitrogens with zero attached hydrogens (tertiary/aromatic N) is 1. The molecule has 1 N–H and O–H groups in total. The van der Waals surface area contributed by atoms with Gasteiger partial charge in [0.25, 0.3) is 5.91 Å². The summed E-state index contributed by atoms with van der Waals surface area (Å²) in [6, 6.07) is 20.1. The van der Waals surface area contributed by atoms with Gasteiger partial charge >= 0.3 is 0 Å². The number of methoxy groups -OCH3 is 1. The molecule has 0 bridgehead atoms. The summed E-state index contributed by atoms with van der Waals surface area (Å²) in [6.07, 6.45) is 0. The minimum Gasteiger partial charge on any atom is -0.497 e. The molecule has 0 fully saturated rings. The standard InChI is InChI=1S/C22H17BrN2O4/c1-27-17-7-2-14(3-8-17)22-25-19-12-16(6-11-20(19)29-22)24-21(26)13-28-18-9-4-15(23)5-10-18/h2-12H,13H2,1H3,(H,24,26). The van der Waals surface area contributed by atoms with E-state index in [1.54, 1.807) is 37.4 Å². The number of benzene rings is 3. The average Bonchev–Trinajstić information content (AvgIpc) is 3.17. The molecule has 0 spiro atoms. The maximum absolute atomic E-state index is 12.2. The molecule has 1 amide bonds. The van der Waals surface area contributed by atoms with Crippen molar-refractivity contribution in [1.29, 1.82) is 0 Å². The van der Waals surface area contributed by atoms with E-state index in [1.165, 1.54) is 0 Å². The summed E-state index contributed by atoms with van der Waals surface area (Å²) in [7, 11) is 1.62. The Kier molecular flexibility index (Phi) is 5.48. The molecular weight excluding hydrogens is 436 g/mol. The Balaban J connectivity index is 1.44. The van der Waals surface area contributed by atoms with E-state index in [1.807, 2.05) is 36.4 Å². The molecule has 0 atom stereocenters. The van der Waals surface area contributed by atoms with E-state index in [0.717, 1.165) is 15.8 Å². The zero-order valence-electron chi connectivity index (χ0n) is 15.5. The van der Waals surface area contributed by atoms with Gasteiger partial charge in [0.2, 0.25) is 5.89 Å². The molecule has 1 heterocycles. The fourth-order valence-corrected chi connectivity index (χ4v) is 3.00. The summed E-state index contributed by atoms with van der Waals surface area (Å²) in [4.78, 5) is 16.7. The van der Waals surface area contributed by atoms with Crippen molar-refractivity contribution in [2.24, 2.45) is 0 Å². The second kappa shape index (κ2) is 8.36. The van der Waals surface area contributed by atoms with Crippen molar-refractivity contribution in [3.63, 3.8) is 0 Å². The van der Waals surface area contributed by atoms with Crippen LogP contribution < -0.4 is 14.8 Å². The number of rotatable bonds is 6. The van der Waals surface area contributed by atoms with Crippen LogP contribution in [0.1, 0.15) is 0 Å². The molecule has 7 heteroatoms. The lowest BCUT2D eigenvalue weighted by Crippen LogP contribution is -2.20. The summed E-state index contributed by atoms with van der Waals surface area (Å²) in [6.45, 7) is -0.0877. The molecule has 0 radical (unpaired) electrons. The van der Waals surface area contributed by atoms with Gasteiger partial charge in [-0.05, 0) is 66.7 Å². The van der Waals surface area contributed by atoms with E-state index >= 15 is 0 Å².